The van der Waals surface area contributed by atoms with Gasteiger partial charge in [-0.2, -0.15) is 0 Å². The highest BCUT2D eigenvalue weighted by Gasteiger charge is 2.07. The average molecular weight is 331 g/mol. The summed E-state index contributed by atoms with van der Waals surface area (Å²) in [4.78, 5) is 24.3. The smallest absolute Gasteiger partial charge is 0.337 e. The van der Waals surface area contributed by atoms with E-state index in [1.807, 2.05) is 30.5 Å². The number of anilines is 1. The monoisotopic (exact) mass is 331 g/mol. The van der Waals surface area contributed by atoms with Crippen LogP contribution in [0.1, 0.15) is 10.4 Å². The first-order valence-corrected chi connectivity index (χ1v) is 8.10. The number of ether oxygens (including phenoxy) is 2. The van der Waals surface area contributed by atoms with Gasteiger partial charge in [-0.05, 0) is 48.7 Å². The fourth-order valence-corrected chi connectivity index (χ4v) is 2.31. The third kappa shape index (κ3) is 5.03. The predicted octanol–water partition coefficient (Wildman–Crippen LogP) is 3.21. The Labute approximate surface area is 139 Å². The molecule has 0 fully saturated rings. The second-order valence-electron chi connectivity index (χ2n) is 4.58. The molecule has 1 amide bonds. The Morgan fingerprint density at radius 1 is 1.13 bits per heavy atom. The molecule has 0 saturated carbocycles. The Morgan fingerprint density at radius 3 is 2.52 bits per heavy atom. The molecular weight excluding hydrogens is 314 g/mol. The zero-order valence-corrected chi connectivity index (χ0v) is 13.7. The summed E-state index contributed by atoms with van der Waals surface area (Å²) in [7, 11) is 1.32. The molecule has 23 heavy (non-hydrogen) atoms. The summed E-state index contributed by atoms with van der Waals surface area (Å²) in [5.41, 5.74) is 1.16. The van der Waals surface area contributed by atoms with Crippen LogP contribution in [0.2, 0.25) is 0 Å². The van der Waals surface area contributed by atoms with Crippen LogP contribution in [-0.4, -0.2) is 31.8 Å². The molecule has 0 spiro atoms. The number of esters is 1. The molecule has 0 atom stereocenters. The van der Waals surface area contributed by atoms with Gasteiger partial charge in [0.15, 0.2) is 6.61 Å². The normalized spacial score (nSPS) is 10.0. The van der Waals surface area contributed by atoms with Gasteiger partial charge in [-0.25, -0.2) is 4.79 Å². The molecule has 0 aliphatic rings. The summed E-state index contributed by atoms with van der Waals surface area (Å²) in [5, 5.41) is 2.77. The summed E-state index contributed by atoms with van der Waals surface area (Å²) in [5.74, 6) is -0.158. The Balaban J connectivity index is 1.87. The van der Waals surface area contributed by atoms with Gasteiger partial charge in [0.1, 0.15) is 5.75 Å². The molecule has 2 aromatic rings. The van der Waals surface area contributed by atoms with E-state index in [2.05, 4.69) is 10.1 Å². The van der Waals surface area contributed by atoms with Gasteiger partial charge in [0, 0.05) is 10.6 Å². The van der Waals surface area contributed by atoms with Crippen molar-refractivity contribution >= 4 is 29.3 Å². The molecule has 0 heterocycles. The van der Waals surface area contributed by atoms with Crippen LogP contribution in [0.3, 0.4) is 0 Å². The van der Waals surface area contributed by atoms with Crippen molar-refractivity contribution in [3.63, 3.8) is 0 Å². The molecule has 2 aromatic carbocycles. The average Bonchev–Trinajstić information content (AvgIpc) is 2.60. The molecule has 0 unspecified atom stereocenters. The maximum Gasteiger partial charge on any atom is 0.337 e. The molecule has 6 heteroatoms. The van der Waals surface area contributed by atoms with Gasteiger partial charge in [0.2, 0.25) is 0 Å². The van der Waals surface area contributed by atoms with Crippen LogP contribution in [-0.2, 0) is 9.53 Å². The van der Waals surface area contributed by atoms with Gasteiger partial charge in [-0.1, -0.05) is 6.07 Å². The standard InChI is InChI=1S/C17H17NO4S/c1-21-17(20)12-6-8-14(9-7-12)22-11-16(19)18-13-4-3-5-15(10-13)23-2/h3-10H,11H2,1-2H3,(H,18,19). The molecule has 0 aromatic heterocycles. The van der Waals surface area contributed by atoms with Crippen molar-refractivity contribution in [2.45, 2.75) is 4.90 Å². The van der Waals surface area contributed by atoms with Crippen LogP contribution in [0, 0.1) is 0 Å². The molecule has 120 valence electrons. The number of nitrogens with one attached hydrogen (secondary N) is 1. The summed E-state index contributed by atoms with van der Waals surface area (Å²) < 4.78 is 10.0. The second kappa shape index (κ2) is 8.24. The Morgan fingerprint density at radius 2 is 1.87 bits per heavy atom. The number of carbonyl (C=O) groups is 2. The lowest BCUT2D eigenvalue weighted by Crippen LogP contribution is -2.20. The third-order valence-corrected chi connectivity index (χ3v) is 3.72. The van der Waals surface area contributed by atoms with E-state index in [0.717, 1.165) is 10.6 Å². The molecule has 0 aliphatic carbocycles. The highest BCUT2D eigenvalue weighted by Crippen LogP contribution is 2.19. The fourth-order valence-electron chi connectivity index (χ4n) is 1.85. The van der Waals surface area contributed by atoms with E-state index in [0.29, 0.717) is 11.3 Å². The topological polar surface area (TPSA) is 64.6 Å². The molecule has 0 bridgehead atoms. The maximum absolute atomic E-state index is 11.9. The number of hydrogen-bond acceptors (Lipinski definition) is 5. The molecule has 0 radical (unpaired) electrons. The highest BCUT2D eigenvalue weighted by atomic mass is 32.2. The van der Waals surface area contributed by atoms with Gasteiger partial charge in [0.25, 0.3) is 5.91 Å². The van der Waals surface area contributed by atoms with Crippen molar-refractivity contribution in [2.75, 3.05) is 25.3 Å². The first-order valence-electron chi connectivity index (χ1n) is 6.87. The largest absolute Gasteiger partial charge is 0.484 e. The summed E-state index contributed by atoms with van der Waals surface area (Å²) in [6, 6.07) is 14.0. The number of thioether (sulfide) groups is 1. The van der Waals surface area contributed by atoms with Crippen molar-refractivity contribution in [1.29, 1.82) is 0 Å². The Hall–Kier alpha value is -2.47. The van der Waals surface area contributed by atoms with E-state index in [1.165, 1.54) is 7.11 Å². The van der Waals surface area contributed by atoms with Crippen molar-refractivity contribution in [2.24, 2.45) is 0 Å². The maximum atomic E-state index is 11.9. The summed E-state index contributed by atoms with van der Waals surface area (Å²) >= 11 is 1.61. The van der Waals surface area contributed by atoms with Gasteiger partial charge < -0.3 is 14.8 Å². The van der Waals surface area contributed by atoms with Gasteiger partial charge in [0.05, 0.1) is 12.7 Å². The third-order valence-electron chi connectivity index (χ3n) is 3.00. The van der Waals surface area contributed by atoms with E-state index in [4.69, 9.17) is 4.74 Å². The van der Waals surface area contributed by atoms with Crippen LogP contribution in [0.15, 0.2) is 53.4 Å². The molecular formula is C17H17NO4S. The van der Waals surface area contributed by atoms with Crippen molar-refractivity contribution in [1.82, 2.24) is 0 Å². The number of amides is 1. The van der Waals surface area contributed by atoms with Crippen LogP contribution < -0.4 is 10.1 Å². The minimum atomic E-state index is -0.414. The van der Waals surface area contributed by atoms with Gasteiger partial charge in [-0.3, -0.25) is 4.79 Å². The second-order valence-corrected chi connectivity index (χ2v) is 5.46. The van der Waals surface area contributed by atoms with Crippen molar-refractivity contribution < 1.29 is 19.1 Å². The van der Waals surface area contributed by atoms with E-state index < -0.39 is 5.97 Å². The molecule has 2 rings (SSSR count). The van der Waals surface area contributed by atoms with E-state index in [9.17, 15) is 9.59 Å². The lowest BCUT2D eigenvalue weighted by atomic mass is 10.2. The van der Waals surface area contributed by atoms with E-state index in [1.54, 1.807) is 36.0 Å². The first kappa shape index (κ1) is 16.9. The number of hydrogen-bond donors (Lipinski definition) is 1. The lowest BCUT2D eigenvalue weighted by Gasteiger charge is -2.08. The first-order chi connectivity index (χ1) is 11.1. The fraction of sp³-hybridized carbons (Fsp3) is 0.176. The summed E-state index contributed by atoms with van der Waals surface area (Å²) in [6.07, 6.45) is 1.97. The number of benzene rings is 2. The molecule has 0 saturated heterocycles. The van der Waals surface area contributed by atoms with E-state index in [-0.39, 0.29) is 12.5 Å². The van der Waals surface area contributed by atoms with Gasteiger partial charge in [-0.15, -0.1) is 11.8 Å². The Kier molecular flexibility index (Phi) is 6.05. The predicted molar refractivity (Wildman–Crippen MR) is 90.1 cm³/mol. The Bertz CT molecular complexity index is 685. The zero-order valence-electron chi connectivity index (χ0n) is 12.9. The number of carbonyl (C=O) groups excluding carboxylic acids is 2. The molecule has 1 N–H and O–H groups in total. The van der Waals surface area contributed by atoms with E-state index >= 15 is 0 Å². The highest BCUT2D eigenvalue weighted by molar-refractivity contribution is 7.98. The lowest BCUT2D eigenvalue weighted by molar-refractivity contribution is -0.118. The van der Waals surface area contributed by atoms with Crippen LogP contribution in [0.5, 0.6) is 5.75 Å². The van der Waals surface area contributed by atoms with Crippen molar-refractivity contribution in [3.8, 4) is 5.75 Å². The SMILES string of the molecule is COC(=O)c1ccc(OCC(=O)Nc2cccc(SC)c2)cc1. The molecule has 5 nitrogen and oxygen atoms in total. The van der Waals surface area contributed by atoms with Crippen LogP contribution in [0.25, 0.3) is 0 Å². The molecule has 0 aliphatic heterocycles. The van der Waals surface area contributed by atoms with Crippen LogP contribution >= 0.6 is 11.8 Å². The van der Waals surface area contributed by atoms with Gasteiger partial charge >= 0.3 is 5.97 Å². The minimum absolute atomic E-state index is 0.110. The quantitative estimate of drug-likeness (QED) is 0.650. The summed E-state index contributed by atoms with van der Waals surface area (Å²) in [6.45, 7) is -0.110. The zero-order chi connectivity index (χ0) is 16.7. The number of methoxy groups -OCH3 is 1. The van der Waals surface area contributed by atoms with Crippen LogP contribution in [0.4, 0.5) is 5.69 Å². The van der Waals surface area contributed by atoms with Crippen molar-refractivity contribution in [3.05, 3.63) is 54.1 Å². The number of rotatable bonds is 6. The minimum Gasteiger partial charge on any atom is -0.484 e.